The Kier molecular flexibility index (Phi) is 7.82. The summed E-state index contributed by atoms with van der Waals surface area (Å²) in [6, 6.07) is 8.59. The number of amides is 2. The lowest BCUT2D eigenvalue weighted by molar-refractivity contribution is -0.132. The number of halogens is 3. The Morgan fingerprint density at radius 1 is 1.03 bits per heavy atom. The quantitative estimate of drug-likeness (QED) is 0.273. The molecule has 10 heteroatoms. The van der Waals surface area contributed by atoms with Crippen molar-refractivity contribution in [2.45, 2.75) is 13.5 Å². The van der Waals surface area contributed by atoms with Crippen molar-refractivity contribution < 1.29 is 19.1 Å². The molecule has 2 amide bonds. The van der Waals surface area contributed by atoms with Crippen LogP contribution < -0.4 is 9.47 Å². The Morgan fingerprint density at radius 2 is 1.66 bits per heavy atom. The zero-order valence-electron chi connectivity index (χ0n) is 17.4. The van der Waals surface area contributed by atoms with Gasteiger partial charge in [0, 0.05) is 34.2 Å². The number of nitrogens with zero attached hydrogens (tertiary/aromatic N) is 2. The van der Waals surface area contributed by atoms with Gasteiger partial charge in [-0.05, 0) is 55.0 Å². The third-order valence-electron chi connectivity index (χ3n) is 4.70. The summed E-state index contributed by atoms with van der Waals surface area (Å²) in [7, 11) is 3.06. The summed E-state index contributed by atoms with van der Waals surface area (Å²) in [5.41, 5.74) is 1.34. The van der Waals surface area contributed by atoms with Crippen molar-refractivity contribution in [2.24, 2.45) is 0 Å². The Labute approximate surface area is 209 Å². The summed E-state index contributed by atoms with van der Waals surface area (Å²) >= 11 is 20.8. The molecule has 0 aromatic heterocycles. The van der Waals surface area contributed by atoms with Crippen molar-refractivity contribution in [1.82, 2.24) is 9.80 Å². The molecule has 3 rings (SSSR count). The van der Waals surface area contributed by atoms with Crippen LogP contribution in [0.5, 0.6) is 11.5 Å². The van der Waals surface area contributed by atoms with E-state index < -0.39 is 11.8 Å². The van der Waals surface area contributed by atoms with E-state index in [1.54, 1.807) is 30.3 Å². The first-order valence-electron chi connectivity index (χ1n) is 9.48. The maximum Gasteiger partial charge on any atom is 0.265 e. The molecule has 0 atom stereocenters. The first kappa shape index (κ1) is 24.5. The molecule has 1 aliphatic heterocycles. The van der Waals surface area contributed by atoms with Crippen LogP contribution in [0.3, 0.4) is 0 Å². The number of hydrogen-bond donors (Lipinski definition) is 0. The van der Waals surface area contributed by atoms with Crippen LogP contribution >= 0.6 is 51.3 Å². The largest absolute Gasteiger partial charge is 0.490 e. The minimum Gasteiger partial charge on any atom is -0.490 e. The van der Waals surface area contributed by atoms with Crippen molar-refractivity contribution in [3.05, 3.63) is 61.5 Å². The second-order valence-electron chi connectivity index (χ2n) is 6.85. The van der Waals surface area contributed by atoms with Gasteiger partial charge in [-0.3, -0.25) is 19.4 Å². The van der Waals surface area contributed by atoms with Gasteiger partial charge in [-0.15, -0.1) is 0 Å². The maximum absolute atomic E-state index is 12.6. The molecule has 0 spiro atoms. The standard InChI is InChI=1S/C22H19BrCl2N2O4S/c1-4-30-18-8-13(7-15-20(28)26(2)22(32)27(3)21(15)29)16(23)10-19(18)31-11-12-5-6-14(24)9-17(12)25/h5-10H,4,11H2,1-3H3. The lowest BCUT2D eigenvalue weighted by atomic mass is 10.1. The highest BCUT2D eigenvalue weighted by Gasteiger charge is 2.35. The minimum absolute atomic E-state index is 0.00615. The van der Waals surface area contributed by atoms with Gasteiger partial charge >= 0.3 is 0 Å². The lowest BCUT2D eigenvalue weighted by Crippen LogP contribution is -2.52. The van der Waals surface area contributed by atoms with Crippen molar-refractivity contribution in [1.29, 1.82) is 0 Å². The zero-order chi connectivity index (χ0) is 23.6. The highest BCUT2D eigenvalue weighted by molar-refractivity contribution is 9.10. The number of hydrogen-bond acceptors (Lipinski definition) is 5. The molecule has 2 aromatic carbocycles. The Bertz CT molecular complexity index is 1110. The minimum atomic E-state index is -0.472. The number of benzene rings is 2. The number of carbonyl (C=O) groups is 2. The summed E-state index contributed by atoms with van der Waals surface area (Å²) in [6.45, 7) is 2.44. The maximum atomic E-state index is 12.6. The van der Waals surface area contributed by atoms with E-state index >= 15 is 0 Å². The van der Waals surface area contributed by atoms with Gasteiger partial charge in [0.15, 0.2) is 16.6 Å². The molecule has 1 aliphatic rings. The number of carbonyl (C=O) groups excluding carboxylic acids is 2. The molecule has 32 heavy (non-hydrogen) atoms. The summed E-state index contributed by atoms with van der Waals surface area (Å²) in [4.78, 5) is 27.8. The van der Waals surface area contributed by atoms with Crippen LogP contribution in [-0.4, -0.2) is 47.4 Å². The lowest BCUT2D eigenvalue weighted by Gasteiger charge is -2.31. The van der Waals surface area contributed by atoms with E-state index in [0.29, 0.717) is 38.2 Å². The Morgan fingerprint density at radius 3 is 2.25 bits per heavy atom. The Balaban J connectivity index is 1.94. The molecule has 0 unspecified atom stereocenters. The highest BCUT2D eigenvalue weighted by Crippen LogP contribution is 2.36. The molecule has 0 N–H and O–H groups in total. The number of rotatable bonds is 6. The molecule has 168 valence electrons. The predicted molar refractivity (Wildman–Crippen MR) is 132 cm³/mol. The number of thiocarbonyl (C=S) groups is 1. The van der Waals surface area contributed by atoms with E-state index in [0.717, 1.165) is 5.56 Å². The molecular formula is C22H19BrCl2N2O4S. The van der Waals surface area contributed by atoms with Crippen molar-refractivity contribution in [3.63, 3.8) is 0 Å². The van der Waals surface area contributed by atoms with Gasteiger partial charge in [0.05, 0.1) is 6.61 Å². The van der Waals surface area contributed by atoms with E-state index in [1.807, 2.05) is 6.92 Å². The molecule has 1 fully saturated rings. The fourth-order valence-corrected chi connectivity index (χ4v) is 4.03. The predicted octanol–water partition coefficient (Wildman–Crippen LogP) is 5.33. The van der Waals surface area contributed by atoms with Gasteiger partial charge < -0.3 is 9.47 Å². The van der Waals surface area contributed by atoms with Gasteiger partial charge in [0.1, 0.15) is 12.2 Å². The molecular weight excluding hydrogens is 539 g/mol. The summed E-state index contributed by atoms with van der Waals surface area (Å²) < 4.78 is 12.3. The smallest absolute Gasteiger partial charge is 0.265 e. The average molecular weight is 558 g/mol. The Hall–Kier alpha value is -2.13. The monoisotopic (exact) mass is 556 g/mol. The second kappa shape index (κ2) is 10.2. The van der Waals surface area contributed by atoms with Gasteiger partial charge in [-0.25, -0.2) is 0 Å². The van der Waals surface area contributed by atoms with Crippen LogP contribution in [-0.2, 0) is 16.2 Å². The topological polar surface area (TPSA) is 59.1 Å². The first-order valence-corrected chi connectivity index (χ1v) is 11.4. The van der Waals surface area contributed by atoms with Gasteiger partial charge in [-0.2, -0.15) is 0 Å². The van der Waals surface area contributed by atoms with Crippen LogP contribution in [0, 0.1) is 0 Å². The molecule has 0 saturated carbocycles. The zero-order valence-corrected chi connectivity index (χ0v) is 21.4. The average Bonchev–Trinajstić information content (AvgIpc) is 2.75. The third kappa shape index (κ3) is 5.09. The van der Waals surface area contributed by atoms with Crippen LogP contribution in [0.15, 0.2) is 40.4 Å². The molecule has 1 heterocycles. The van der Waals surface area contributed by atoms with E-state index in [2.05, 4.69) is 15.9 Å². The third-order valence-corrected chi connectivity index (χ3v) is 6.53. The van der Waals surface area contributed by atoms with E-state index in [-0.39, 0.29) is 17.3 Å². The van der Waals surface area contributed by atoms with E-state index in [4.69, 9.17) is 44.9 Å². The molecule has 2 aromatic rings. The second-order valence-corrected chi connectivity index (χ2v) is 8.91. The SMILES string of the molecule is CCOc1cc(C=C2C(=O)N(C)C(=S)N(C)C2=O)c(Br)cc1OCc1ccc(Cl)cc1Cl. The number of ether oxygens (including phenoxy) is 2. The number of likely N-dealkylation sites (N-methyl/N-ethyl adjacent to an activating group) is 2. The van der Waals surface area contributed by atoms with Crippen LogP contribution in [0.4, 0.5) is 0 Å². The van der Waals surface area contributed by atoms with Gasteiger partial charge in [0.2, 0.25) is 0 Å². The molecule has 6 nitrogen and oxygen atoms in total. The summed E-state index contributed by atoms with van der Waals surface area (Å²) in [5, 5.41) is 1.19. The van der Waals surface area contributed by atoms with E-state index in [1.165, 1.54) is 30.0 Å². The van der Waals surface area contributed by atoms with Gasteiger partial charge in [-0.1, -0.05) is 45.2 Å². The van der Waals surface area contributed by atoms with Gasteiger partial charge in [0.25, 0.3) is 11.8 Å². The fourth-order valence-electron chi connectivity index (χ4n) is 2.97. The fraction of sp³-hybridized carbons (Fsp3) is 0.227. The normalized spacial score (nSPS) is 14.2. The van der Waals surface area contributed by atoms with Crippen LogP contribution in [0.2, 0.25) is 10.0 Å². The first-order chi connectivity index (χ1) is 15.1. The van der Waals surface area contributed by atoms with Crippen molar-refractivity contribution in [2.75, 3.05) is 20.7 Å². The molecule has 0 bridgehead atoms. The summed E-state index contributed by atoms with van der Waals surface area (Å²) in [6.07, 6.45) is 1.51. The molecule has 1 saturated heterocycles. The van der Waals surface area contributed by atoms with Crippen LogP contribution in [0.25, 0.3) is 6.08 Å². The highest BCUT2D eigenvalue weighted by atomic mass is 79.9. The van der Waals surface area contributed by atoms with Crippen molar-refractivity contribution >= 4 is 74.4 Å². The van der Waals surface area contributed by atoms with E-state index in [9.17, 15) is 9.59 Å². The molecule has 0 aliphatic carbocycles. The van der Waals surface area contributed by atoms with Crippen LogP contribution in [0.1, 0.15) is 18.1 Å². The summed E-state index contributed by atoms with van der Waals surface area (Å²) in [5.74, 6) is -0.00879. The van der Waals surface area contributed by atoms with Crippen molar-refractivity contribution in [3.8, 4) is 11.5 Å². The molecule has 0 radical (unpaired) electrons.